The molecule has 33 heavy (non-hydrogen) atoms. The van der Waals surface area contributed by atoms with Crippen molar-refractivity contribution in [2.24, 2.45) is 0 Å². The molecule has 0 saturated carbocycles. The van der Waals surface area contributed by atoms with E-state index in [-0.39, 0.29) is 5.91 Å². The molecule has 0 heterocycles. The van der Waals surface area contributed by atoms with Gasteiger partial charge in [0.05, 0.1) is 20.0 Å². The summed E-state index contributed by atoms with van der Waals surface area (Å²) in [6.45, 7) is 2.80. The van der Waals surface area contributed by atoms with Crippen LogP contribution in [0.2, 0.25) is 0 Å². The second kappa shape index (κ2) is 12.9. The summed E-state index contributed by atoms with van der Waals surface area (Å²) in [5, 5.41) is 2.91. The average molecular weight is 464 g/mol. The maximum atomic E-state index is 11.8. The summed E-state index contributed by atoms with van der Waals surface area (Å²) in [4.78, 5) is 11.8. The summed E-state index contributed by atoms with van der Waals surface area (Å²) in [6, 6.07) is 23.2. The van der Waals surface area contributed by atoms with Crippen LogP contribution in [0.15, 0.2) is 66.7 Å². The molecular weight excluding hydrogens is 430 g/mol. The Hall–Kier alpha value is -2.92. The Labute approximate surface area is 201 Å². The summed E-state index contributed by atoms with van der Waals surface area (Å²) in [5.41, 5.74) is 5.87. The number of carbonyl (C=O) groups is 1. The number of hydrogen-bond acceptors (Lipinski definition) is 4. The van der Waals surface area contributed by atoms with E-state index < -0.39 is 0 Å². The zero-order valence-electron chi connectivity index (χ0n) is 19.7. The highest BCUT2D eigenvalue weighted by Gasteiger charge is 2.14. The molecule has 0 unspecified atom stereocenters. The van der Waals surface area contributed by atoms with Crippen LogP contribution in [-0.2, 0) is 23.4 Å². The first-order valence-electron chi connectivity index (χ1n) is 11.4. The van der Waals surface area contributed by atoms with E-state index in [1.807, 2.05) is 12.1 Å². The predicted molar refractivity (Wildman–Crippen MR) is 138 cm³/mol. The van der Waals surface area contributed by atoms with E-state index in [2.05, 4.69) is 66.8 Å². The number of rotatable bonds is 12. The Bertz CT molecular complexity index is 1020. The third kappa shape index (κ3) is 7.29. The molecule has 4 nitrogen and oxygen atoms in total. The summed E-state index contributed by atoms with van der Waals surface area (Å²) in [6.07, 6.45) is 2.76. The molecule has 0 aliphatic carbocycles. The molecule has 0 bridgehead atoms. The fraction of sp³-hybridized carbons (Fsp3) is 0.321. The molecule has 0 aliphatic heterocycles. The van der Waals surface area contributed by atoms with Gasteiger partial charge < -0.3 is 14.8 Å². The van der Waals surface area contributed by atoms with Gasteiger partial charge in [0.25, 0.3) is 0 Å². The van der Waals surface area contributed by atoms with Gasteiger partial charge in [-0.1, -0.05) is 61.5 Å². The molecule has 0 spiro atoms. The number of nitrogens with one attached hydrogen (secondary N) is 1. The molecule has 0 fully saturated rings. The predicted octanol–water partition coefficient (Wildman–Crippen LogP) is 5.92. The molecule has 3 aromatic rings. The highest BCUT2D eigenvalue weighted by molar-refractivity contribution is 7.99. The van der Waals surface area contributed by atoms with Crippen LogP contribution in [0, 0.1) is 0 Å². The number of amides is 1. The van der Waals surface area contributed by atoms with Gasteiger partial charge in [-0.25, -0.2) is 0 Å². The van der Waals surface area contributed by atoms with Crippen molar-refractivity contribution in [2.45, 2.75) is 31.9 Å². The average Bonchev–Trinajstić information content (AvgIpc) is 2.86. The first-order chi connectivity index (χ1) is 16.1. The Balaban J connectivity index is 1.71. The minimum absolute atomic E-state index is 0.104. The van der Waals surface area contributed by atoms with Gasteiger partial charge >= 0.3 is 0 Å². The molecule has 1 N–H and O–H groups in total. The van der Waals surface area contributed by atoms with E-state index >= 15 is 0 Å². The molecule has 3 rings (SSSR count). The molecule has 1 amide bonds. The number of ether oxygens (including phenoxy) is 2. The Morgan fingerprint density at radius 2 is 1.64 bits per heavy atom. The minimum Gasteiger partial charge on any atom is -0.493 e. The fourth-order valence-electron chi connectivity index (χ4n) is 3.69. The van der Waals surface area contributed by atoms with Crippen molar-refractivity contribution >= 4 is 17.7 Å². The van der Waals surface area contributed by atoms with Crippen LogP contribution in [0.25, 0.3) is 11.1 Å². The first kappa shape index (κ1) is 24.7. The molecule has 0 aromatic heterocycles. The molecule has 174 valence electrons. The standard InChI is InChI=1S/C28H33NO3S/c1-4-16-29-27(30)20-33-19-22-11-13-23(14-12-22)25-17-24(28(32-3)26(18-25)31-2)15-10-21-8-6-5-7-9-21/h5-9,11-14,17-18H,4,10,15-16,19-20H2,1-3H3,(H,29,30). The lowest BCUT2D eigenvalue weighted by Gasteiger charge is -2.16. The van der Waals surface area contributed by atoms with Crippen molar-refractivity contribution in [1.82, 2.24) is 5.32 Å². The number of aryl methyl sites for hydroxylation is 2. The molecule has 5 heteroatoms. The normalized spacial score (nSPS) is 10.6. The van der Waals surface area contributed by atoms with Crippen LogP contribution in [0.3, 0.4) is 0 Å². The van der Waals surface area contributed by atoms with Crippen LogP contribution >= 0.6 is 11.8 Å². The second-order valence-electron chi connectivity index (χ2n) is 7.90. The number of methoxy groups -OCH3 is 2. The van der Waals surface area contributed by atoms with Gasteiger partial charge in [0, 0.05) is 12.3 Å². The zero-order valence-corrected chi connectivity index (χ0v) is 20.5. The summed E-state index contributed by atoms with van der Waals surface area (Å²) in [5.74, 6) is 2.95. The molecule has 0 radical (unpaired) electrons. The van der Waals surface area contributed by atoms with Crippen LogP contribution in [0.5, 0.6) is 11.5 Å². The lowest BCUT2D eigenvalue weighted by molar-refractivity contribution is -0.118. The number of carbonyl (C=O) groups excluding carboxylic acids is 1. The largest absolute Gasteiger partial charge is 0.493 e. The van der Waals surface area contributed by atoms with Crippen molar-refractivity contribution in [3.63, 3.8) is 0 Å². The lowest BCUT2D eigenvalue weighted by Crippen LogP contribution is -2.25. The second-order valence-corrected chi connectivity index (χ2v) is 8.88. The lowest BCUT2D eigenvalue weighted by atomic mass is 9.97. The third-order valence-corrected chi connectivity index (χ3v) is 6.45. The smallest absolute Gasteiger partial charge is 0.230 e. The number of thioether (sulfide) groups is 1. The van der Waals surface area contributed by atoms with E-state index in [0.29, 0.717) is 5.75 Å². The van der Waals surface area contributed by atoms with E-state index in [1.165, 1.54) is 11.1 Å². The van der Waals surface area contributed by atoms with Gasteiger partial charge in [-0.05, 0) is 59.2 Å². The van der Waals surface area contributed by atoms with Crippen molar-refractivity contribution in [2.75, 3.05) is 26.5 Å². The minimum atomic E-state index is 0.104. The van der Waals surface area contributed by atoms with Crippen LogP contribution in [-0.4, -0.2) is 32.4 Å². The highest BCUT2D eigenvalue weighted by Crippen LogP contribution is 2.37. The van der Waals surface area contributed by atoms with Gasteiger partial charge in [0.1, 0.15) is 0 Å². The van der Waals surface area contributed by atoms with Crippen molar-refractivity contribution in [3.8, 4) is 22.6 Å². The molecule has 0 saturated heterocycles. The quantitative estimate of drug-likeness (QED) is 0.362. The monoisotopic (exact) mass is 463 g/mol. The third-order valence-electron chi connectivity index (χ3n) is 5.44. The fourth-order valence-corrected chi connectivity index (χ4v) is 4.51. The maximum absolute atomic E-state index is 11.8. The molecular formula is C28H33NO3S. The maximum Gasteiger partial charge on any atom is 0.230 e. The van der Waals surface area contributed by atoms with Gasteiger partial charge in [-0.2, -0.15) is 0 Å². The molecule has 3 aromatic carbocycles. The van der Waals surface area contributed by atoms with Gasteiger partial charge in [-0.15, -0.1) is 11.8 Å². The number of benzene rings is 3. The highest BCUT2D eigenvalue weighted by atomic mass is 32.2. The van der Waals surface area contributed by atoms with Crippen LogP contribution in [0.4, 0.5) is 0 Å². The van der Waals surface area contributed by atoms with Crippen molar-refractivity contribution in [3.05, 3.63) is 83.4 Å². The zero-order chi connectivity index (χ0) is 23.5. The first-order valence-corrected chi connectivity index (χ1v) is 12.5. The van der Waals surface area contributed by atoms with Gasteiger partial charge in [0.15, 0.2) is 11.5 Å². The van der Waals surface area contributed by atoms with Gasteiger partial charge in [-0.3, -0.25) is 4.79 Å². The van der Waals surface area contributed by atoms with E-state index in [0.717, 1.165) is 59.7 Å². The SMILES string of the molecule is CCCNC(=O)CSCc1ccc(-c2cc(CCc3ccccc3)c(OC)c(OC)c2)cc1. The Morgan fingerprint density at radius 3 is 2.30 bits per heavy atom. The van der Waals surface area contributed by atoms with E-state index in [9.17, 15) is 4.79 Å². The Kier molecular flexibility index (Phi) is 9.70. The summed E-state index contributed by atoms with van der Waals surface area (Å²) < 4.78 is 11.3. The summed E-state index contributed by atoms with van der Waals surface area (Å²) >= 11 is 1.64. The van der Waals surface area contributed by atoms with Gasteiger partial charge in [0.2, 0.25) is 5.91 Å². The van der Waals surface area contributed by atoms with E-state index in [1.54, 1.807) is 26.0 Å². The molecule has 0 aliphatic rings. The Morgan fingerprint density at radius 1 is 0.879 bits per heavy atom. The number of hydrogen-bond donors (Lipinski definition) is 1. The van der Waals surface area contributed by atoms with Crippen LogP contribution < -0.4 is 14.8 Å². The summed E-state index contributed by atoms with van der Waals surface area (Å²) in [7, 11) is 3.37. The van der Waals surface area contributed by atoms with Crippen molar-refractivity contribution in [1.29, 1.82) is 0 Å². The topological polar surface area (TPSA) is 47.6 Å². The molecule has 0 atom stereocenters. The van der Waals surface area contributed by atoms with E-state index in [4.69, 9.17) is 9.47 Å². The van der Waals surface area contributed by atoms with Crippen molar-refractivity contribution < 1.29 is 14.3 Å². The van der Waals surface area contributed by atoms with Crippen LogP contribution in [0.1, 0.15) is 30.0 Å².